The summed E-state index contributed by atoms with van der Waals surface area (Å²) in [7, 11) is 0. The fourth-order valence-electron chi connectivity index (χ4n) is 2.58. The number of H-pyrrole nitrogens is 1. The van der Waals surface area contributed by atoms with Crippen molar-refractivity contribution in [2.45, 2.75) is 6.42 Å². The number of anilines is 1. The first-order valence-corrected chi connectivity index (χ1v) is 8.14. The Morgan fingerprint density at radius 3 is 2.81 bits per heavy atom. The number of benzene rings is 1. The molecule has 4 rings (SSSR count). The van der Waals surface area contributed by atoms with Crippen LogP contribution in [-0.4, -0.2) is 21.0 Å². The lowest BCUT2D eigenvalue weighted by Crippen LogP contribution is -2.23. The maximum atomic E-state index is 12.4. The van der Waals surface area contributed by atoms with Gasteiger partial charge in [0.1, 0.15) is 5.56 Å². The van der Waals surface area contributed by atoms with Crippen LogP contribution in [0.1, 0.15) is 21.8 Å². The molecular weight excluding hydrogens is 348 g/mol. The Balaban J connectivity index is 1.56. The van der Waals surface area contributed by atoms with Gasteiger partial charge in [0.05, 0.1) is 12.7 Å². The third-order valence-electron chi connectivity index (χ3n) is 3.88. The van der Waals surface area contributed by atoms with Gasteiger partial charge in [-0.2, -0.15) is 4.98 Å². The van der Waals surface area contributed by atoms with Crippen molar-refractivity contribution in [1.29, 1.82) is 0 Å². The number of pyridine rings is 1. The quantitative estimate of drug-likeness (QED) is 0.564. The molecule has 0 saturated carbocycles. The van der Waals surface area contributed by atoms with Crippen molar-refractivity contribution in [2.24, 2.45) is 0 Å². The van der Waals surface area contributed by atoms with Crippen LogP contribution in [0.5, 0.6) is 0 Å². The van der Waals surface area contributed by atoms with Crippen LogP contribution < -0.4 is 10.9 Å². The van der Waals surface area contributed by atoms with Gasteiger partial charge >= 0.3 is 0 Å². The first kappa shape index (κ1) is 16.5. The van der Waals surface area contributed by atoms with Crippen molar-refractivity contribution < 1.29 is 13.7 Å². The van der Waals surface area contributed by atoms with Crippen LogP contribution in [0.25, 0.3) is 11.6 Å². The predicted molar refractivity (Wildman–Crippen MR) is 96.3 cm³/mol. The lowest BCUT2D eigenvalue weighted by atomic mass is 10.1. The molecule has 1 amide bonds. The minimum absolute atomic E-state index is 0.0326. The molecule has 0 aliphatic heterocycles. The van der Waals surface area contributed by atoms with Gasteiger partial charge in [0.25, 0.3) is 11.5 Å². The minimum Gasteiger partial charge on any atom is -0.461 e. The number of amides is 1. The second-order valence-electron chi connectivity index (χ2n) is 5.69. The van der Waals surface area contributed by atoms with Crippen molar-refractivity contribution >= 4 is 11.6 Å². The Hall–Kier alpha value is -3.94. The third-order valence-corrected chi connectivity index (χ3v) is 3.88. The number of carbonyl (C=O) groups is 1. The SMILES string of the molecule is O=C(Nc1ccccc1Cc1nc(-c2ccco2)no1)c1ccc[nH]c1=O. The summed E-state index contributed by atoms with van der Waals surface area (Å²) >= 11 is 0. The van der Waals surface area contributed by atoms with E-state index in [-0.39, 0.29) is 5.56 Å². The van der Waals surface area contributed by atoms with Gasteiger partial charge in [0.2, 0.25) is 11.7 Å². The topological polar surface area (TPSA) is 114 Å². The molecule has 0 fully saturated rings. The molecule has 27 heavy (non-hydrogen) atoms. The lowest BCUT2D eigenvalue weighted by Gasteiger charge is -2.09. The molecule has 4 aromatic rings. The first-order valence-electron chi connectivity index (χ1n) is 8.14. The highest BCUT2D eigenvalue weighted by molar-refractivity contribution is 6.04. The van der Waals surface area contributed by atoms with Crippen molar-refractivity contribution in [3.63, 3.8) is 0 Å². The van der Waals surface area contributed by atoms with Gasteiger partial charge in [0.15, 0.2) is 5.76 Å². The van der Waals surface area contributed by atoms with Gasteiger partial charge < -0.3 is 19.2 Å². The highest BCUT2D eigenvalue weighted by Gasteiger charge is 2.15. The summed E-state index contributed by atoms with van der Waals surface area (Å²) in [5.41, 5.74) is 0.911. The molecule has 0 aliphatic rings. The number of furan rings is 1. The van der Waals surface area contributed by atoms with Crippen molar-refractivity contribution in [3.05, 3.63) is 88.4 Å². The van der Waals surface area contributed by atoms with E-state index in [2.05, 4.69) is 20.4 Å². The number of nitrogens with zero attached hydrogens (tertiary/aromatic N) is 2. The molecule has 8 nitrogen and oxygen atoms in total. The summed E-state index contributed by atoms with van der Waals surface area (Å²) in [6.07, 6.45) is 3.32. The summed E-state index contributed by atoms with van der Waals surface area (Å²) in [6, 6.07) is 13.7. The van der Waals surface area contributed by atoms with Crippen LogP contribution in [0.15, 0.2) is 74.7 Å². The van der Waals surface area contributed by atoms with E-state index in [0.29, 0.717) is 29.6 Å². The van der Waals surface area contributed by atoms with E-state index >= 15 is 0 Å². The fraction of sp³-hybridized carbons (Fsp3) is 0.0526. The molecule has 1 aromatic carbocycles. The maximum absolute atomic E-state index is 12.4. The van der Waals surface area contributed by atoms with Crippen LogP contribution in [0, 0.1) is 0 Å². The second kappa shape index (κ2) is 7.12. The number of aromatic amines is 1. The van der Waals surface area contributed by atoms with Crippen LogP contribution in [-0.2, 0) is 6.42 Å². The van der Waals surface area contributed by atoms with Crippen molar-refractivity contribution in [2.75, 3.05) is 5.32 Å². The third kappa shape index (κ3) is 3.54. The Morgan fingerprint density at radius 2 is 2.00 bits per heavy atom. The molecule has 0 atom stereocenters. The number of rotatable bonds is 5. The van der Waals surface area contributed by atoms with Crippen LogP contribution in [0.2, 0.25) is 0 Å². The summed E-state index contributed by atoms with van der Waals surface area (Å²) in [5, 5.41) is 6.65. The number of para-hydroxylation sites is 1. The number of carbonyl (C=O) groups excluding carboxylic acids is 1. The Kier molecular flexibility index (Phi) is 4.36. The molecule has 0 radical (unpaired) electrons. The summed E-state index contributed by atoms with van der Waals surface area (Å²) < 4.78 is 10.5. The van der Waals surface area contributed by atoms with Gasteiger partial charge in [-0.3, -0.25) is 9.59 Å². The molecule has 2 N–H and O–H groups in total. The second-order valence-corrected chi connectivity index (χ2v) is 5.69. The lowest BCUT2D eigenvalue weighted by molar-refractivity contribution is 0.102. The minimum atomic E-state index is -0.494. The normalized spacial score (nSPS) is 10.7. The Labute approximate surface area is 152 Å². The van der Waals surface area contributed by atoms with Gasteiger partial charge in [-0.1, -0.05) is 23.4 Å². The maximum Gasteiger partial charge on any atom is 0.261 e. The van der Waals surface area contributed by atoms with E-state index in [1.807, 2.05) is 12.1 Å². The summed E-state index contributed by atoms with van der Waals surface area (Å²) in [6.45, 7) is 0. The highest BCUT2D eigenvalue weighted by atomic mass is 16.5. The molecule has 0 unspecified atom stereocenters. The van der Waals surface area contributed by atoms with E-state index in [0.717, 1.165) is 5.56 Å². The molecule has 3 heterocycles. The van der Waals surface area contributed by atoms with Crippen molar-refractivity contribution in [1.82, 2.24) is 15.1 Å². The zero-order chi connectivity index (χ0) is 18.6. The van der Waals surface area contributed by atoms with Gasteiger partial charge in [-0.25, -0.2) is 0 Å². The summed E-state index contributed by atoms with van der Waals surface area (Å²) in [5.74, 6) is 0.744. The number of nitrogens with one attached hydrogen (secondary N) is 2. The molecule has 0 spiro atoms. The number of hydrogen-bond acceptors (Lipinski definition) is 6. The fourth-order valence-corrected chi connectivity index (χ4v) is 2.58. The largest absolute Gasteiger partial charge is 0.461 e. The number of hydrogen-bond donors (Lipinski definition) is 2. The summed E-state index contributed by atoms with van der Waals surface area (Å²) in [4.78, 5) is 31.0. The smallest absolute Gasteiger partial charge is 0.261 e. The zero-order valence-electron chi connectivity index (χ0n) is 14.0. The molecule has 0 aliphatic carbocycles. The molecule has 0 saturated heterocycles. The Bertz CT molecular complexity index is 1130. The van der Waals surface area contributed by atoms with E-state index in [1.165, 1.54) is 18.5 Å². The predicted octanol–water partition coefficient (Wildman–Crippen LogP) is 2.86. The van der Waals surface area contributed by atoms with Crippen LogP contribution >= 0.6 is 0 Å². The number of aromatic nitrogens is 3. The zero-order valence-corrected chi connectivity index (χ0v) is 14.0. The van der Waals surface area contributed by atoms with Gasteiger partial charge in [-0.05, 0) is 35.9 Å². The molecule has 3 aromatic heterocycles. The van der Waals surface area contributed by atoms with E-state index in [1.54, 1.807) is 30.3 Å². The first-order chi connectivity index (χ1) is 13.2. The molecule has 8 heteroatoms. The van der Waals surface area contributed by atoms with Gasteiger partial charge in [-0.15, -0.1) is 0 Å². The Morgan fingerprint density at radius 1 is 1.11 bits per heavy atom. The van der Waals surface area contributed by atoms with E-state index in [4.69, 9.17) is 8.94 Å². The van der Waals surface area contributed by atoms with Gasteiger partial charge in [0, 0.05) is 11.9 Å². The standard InChI is InChI=1S/C19H14N4O4/c24-18-13(6-3-9-20-18)19(25)21-14-7-2-1-5-12(14)11-16-22-17(23-27-16)15-8-4-10-26-15/h1-10H,11H2,(H,20,24)(H,21,25). The highest BCUT2D eigenvalue weighted by Crippen LogP contribution is 2.21. The average molecular weight is 362 g/mol. The van der Waals surface area contributed by atoms with Crippen LogP contribution in [0.4, 0.5) is 5.69 Å². The van der Waals surface area contributed by atoms with Crippen LogP contribution in [0.3, 0.4) is 0 Å². The average Bonchev–Trinajstić information content (AvgIpc) is 3.35. The molecular formula is C19H14N4O4. The molecule has 0 bridgehead atoms. The van der Waals surface area contributed by atoms with E-state index < -0.39 is 11.5 Å². The monoisotopic (exact) mass is 362 g/mol. The van der Waals surface area contributed by atoms with E-state index in [9.17, 15) is 9.59 Å². The van der Waals surface area contributed by atoms with Crippen molar-refractivity contribution in [3.8, 4) is 11.6 Å². The molecule has 134 valence electrons.